The van der Waals surface area contributed by atoms with Gasteiger partial charge in [0, 0.05) is 12.1 Å². The molecular formula is C20H21N3O3. The average molecular weight is 351 g/mol. The second-order valence-electron chi connectivity index (χ2n) is 6.02. The van der Waals surface area contributed by atoms with Gasteiger partial charge in [-0.3, -0.25) is 9.59 Å². The molecule has 0 bridgehead atoms. The molecule has 0 fully saturated rings. The molecule has 1 aliphatic rings. The number of carbonyl (C=O) groups is 2. The summed E-state index contributed by atoms with van der Waals surface area (Å²) in [7, 11) is 1.61. The number of ether oxygens (including phenoxy) is 1. The Morgan fingerprint density at radius 3 is 2.35 bits per heavy atom. The van der Waals surface area contributed by atoms with Gasteiger partial charge in [0.05, 0.1) is 18.5 Å². The van der Waals surface area contributed by atoms with E-state index in [9.17, 15) is 9.59 Å². The van der Waals surface area contributed by atoms with E-state index in [0.717, 1.165) is 17.0 Å². The van der Waals surface area contributed by atoms with Crippen LogP contribution in [0.5, 0.6) is 5.75 Å². The number of allylic oxidation sites excluding steroid dienone is 1. The molecule has 2 aromatic carbocycles. The second-order valence-corrected chi connectivity index (χ2v) is 6.02. The van der Waals surface area contributed by atoms with Gasteiger partial charge in [-0.15, -0.1) is 0 Å². The zero-order valence-electron chi connectivity index (χ0n) is 14.8. The standard InChI is InChI=1S/C20H21N3O3/c1-13-19(20(25)22-17-6-4-3-5-16(17)21-13)23-18(24)12-9-14-7-10-15(26-2)11-8-14/h3-8,10-11,21H,9,12H2,1-2H3,(H,22,25)(H,23,24). The number of methoxy groups -OCH3 is 1. The van der Waals surface area contributed by atoms with Crippen molar-refractivity contribution in [2.24, 2.45) is 0 Å². The maximum atomic E-state index is 12.4. The molecule has 6 heteroatoms. The molecule has 3 N–H and O–H groups in total. The number of benzene rings is 2. The topological polar surface area (TPSA) is 79.5 Å². The SMILES string of the molecule is COc1ccc(CCC(=O)NC2=C(C)Nc3ccccc3NC2=O)cc1. The molecule has 0 saturated heterocycles. The van der Waals surface area contributed by atoms with Crippen LogP contribution in [0.4, 0.5) is 11.4 Å². The first-order chi connectivity index (χ1) is 12.6. The summed E-state index contributed by atoms with van der Waals surface area (Å²) >= 11 is 0. The zero-order chi connectivity index (χ0) is 18.5. The largest absolute Gasteiger partial charge is 0.497 e. The fourth-order valence-electron chi connectivity index (χ4n) is 2.72. The number of hydrogen-bond donors (Lipinski definition) is 3. The minimum atomic E-state index is -0.335. The number of aryl methyl sites for hydroxylation is 1. The first-order valence-corrected chi connectivity index (χ1v) is 8.38. The van der Waals surface area contributed by atoms with Gasteiger partial charge in [-0.25, -0.2) is 0 Å². The number of para-hydroxylation sites is 2. The van der Waals surface area contributed by atoms with Gasteiger partial charge < -0.3 is 20.7 Å². The monoisotopic (exact) mass is 351 g/mol. The van der Waals surface area contributed by atoms with Crippen molar-refractivity contribution >= 4 is 23.2 Å². The number of carbonyl (C=O) groups excluding carboxylic acids is 2. The van der Waals surface area contributed by atoms with Crippen LogP contribution in [0.3, 0.4) is 0 Å². The summed E-state index contributed by atoms with van der Waals surface area (Å²) < 4.78 is 5.12. The Morgan fingerprint density at radius 2 is 1.69 bits per heavy atom. The van der Waals surface area contributed by atoms with Crippen LogP contribution in [0.15, 0.2) is 59.9 Å². The molecule has 134 valence electrons. The van der Waals surface area contributed by atoms with E-state index in [1.54, 1.807) is 14.0 Å². The van der Waals surface area contributed by atoms with E-state index in [1.807, 2.05) is 48.5 Å². The van der Waals surface area contributed by atoms with Crippen LogP contribution in [0.2, 0.25) is 0 Å². The van der Waals surface area contributed by atoms with Gasteiger partial charge >= 0.3 is 0 Å². The molecule has 0 spiro atoms. The Bertz CT molecular complexity index is 857. The van der Waals surface area contributed by atoms with E-state index in [2.05, 4.69) is 16.0 Å². The third-order valence-electron chi connectivity index (χ3n) is 4.16. The summed E-state index contributed by atoms with van der Waals surface area (Å²) in [6, 6.07) is 15.0. The van der Waals surface area contributed by atoms with Crippen molar-refractivity contribution < 1.29 is 14.3 Å². The van der Waals surface area contributed by atoms with Gasteiger partial charge in [0.15, 0.2) is 0 Å². The van der Waals surface area contributed by atoms with Gasteiger partial charge in [-0.2, -0.15) is 0 Å². The lowest BCUT2D eigenvalue weighted by molar-refractivity contribution is -0.122. The van der Waals surface area contributed by atoms with Crippen molar-refractivity contribution in [2.45, 2.75) is 19.8 Å². The highest BCUT2D eigenvalue weighted by Gasteiger charge is 2.21. The molecule has 1 aliphatic heterocycles. The lowest BCUT2D eigenvalue weighted by atomic mass is 10.1. The van der Waals surface area contributed by atoms with Gasteiger partial charge in [-0.05, 0) is 43.2 Å². The summed E-state index contributed by atoms with van der Waals surface area (Å²) in [5, 5.41) is 8.70. The van der Waals surface area contributed by atoms with E-state index in [-0.39, 0.29) is 23.9 Å². The van der Waals surface area contributed by atoms with Crippen LogP contribution in [0.25, 0.3) is 0 Å². The van der Waals surface area contributed by atoms with Crippen LogP contribution >= 0.6 is 0 Å². The highest BCUT2D eigenvalue weighted by atomic mass is 16.5. The minimum Gasteiger partial charge on any atom is -0.497 e. The number of rotatable bonds is 5. The van der Waals surface area contributed by atoms with Crippen LogP contribution in [0.1, 0.15) is 18.9 Å². The lowest BCUT2D eigenvalue weighted by Crippen LogP contribution is -2.31. The first kappa shape index (κ1) is 17.5. The van der Waals surface area contributed by atoms with Crippen LogP contribution in [-0.2, 0) is 16.0 Å². The number of hydrogen-bond acceptors (Lipinski definition) is 4. The van der Waals surface area contributed by atoms with E-state index in [1.165, 1.54) is 0 Å². The summed E-state index contributed by atoms with van der Waals surface area (Å²) in [5.74, 6) is 0.232. The molecule has 26 heavy (non-hydrogen) atoms. The van der Waals surface area contributed by atoms with Gasteiger partial charge in [0.25, 0.3) is 5.91 Å². The van der Waals surface area contributed by atoms with Gasteiger partial charge in [0.1, 0.15) is 11.4 Å². The summed E-state index contributed by atoms with van der Waals surface area (Å²) in [4.78, 5) is 24.7. The average Bonchev–Trinajstić information content (AvgIpc) is 2.77. The maximum Gasteiger partial charge on any atom is 0.274 e. The molecule has 0 aromatic heterocycles. The van der Waals surface area contributed by atoms with E-state index < -0.39 is 0 Å². The van der Waals surface area contributed by atoms with Crippen molar-refractivity contribution in [3.05, 3.63) is 65.5 Å². The molecule has 0 unspecified atom stereocenters. The van der Waals surface area contributed by atoms with Crippen LogP contribution < -0.4 is 20.7 Å². The first-order valence-electron chi connectivity index (χ1n) is 8.38. The Balaban J connectivity index is 1.63. The smallest absolute Gasteiger partial charge is 0.274 e. The summed E-state index contributed by atoms with van der Waals surface area (Å²) in [5.41, 5.74) is 3.34. The van der Waals surface area contributed by atoms with Gasteiger partial charge in [-0.1, -0.05) is 24.3 Å². The Morgan fingerprint density at radius 1 is 1.04 bits per heavy atom. The molecule has 0 aliphatic carbocycles. The molecule has 3 rings (SSSR count). The molecule has 0 saturated carbocycles. The molecular weight excluding hydrogens is 330 g/mol. The number of amides is 2. The van der Waals surface area contributed by atoms with Crippen LogP contribution in [-0.4, -0.2) is 18.9 Å². The van der Waals surface area contributed by atoms with E-state index >= 15 is 0 Å². The third-order valence-corrected chi connectivity index (χ3v) is 4.16. The maximum absolute atomic E-state index is 12.4. The lowest BCUT2D eigenvalue weighted by Gasteiger charge is -2.11. The normalized spacial score (nSPS) is 13.2. The van der Waals surface area contributed by atoms with Crippen molar-refractivity contribution in [1.29, 1.82) is 0 Å². The predicted molar refractivity (Wildman–Crippen MR) is 101 cm³/mol. The van der Waals surface area contributed by atoms with E-state index in [0.29, 0.717) is 17.8 Å². The quantitative estimate of drug-likeness (QED) is 0.774. The summed E-state index contributed by atoms with van der Waals surface area (Å²) in [6.07, 6.45) is 0.862. The Kier molecular flexibility index (Phi) is 5.22. The highest BCUT2D eigenvalue weighted by molar-refractivity contribution is 6.09. The molecule has 6 nitrogen and oxygen atoms in total. The predicted octanol–water partition coefficient (Wildman–Crippen LogP) is 3.04. The van der Waals surface area contributed by atoms with E-state index in [4.69, 9.17) is 4.74 Å². The van der Waals surface area contributed by atoms with Crippen molar-refractivity contribution in [2.75, 3.05) is 17.7 Å². The number of anilines is 2. The number of fused-ring (bicyclic) bond motifs is 1. The van der Waals surface area contributed by atoms with Crippen LogP contribution in [0, 0.1) is 0 Å². The fraction of sp³-hybridized carbons (Fsp3) is 0.200. The third kappa shape index (κ3) is 4.03. The second kappa shape index (κ2) is 7.74. The summed E-state index contributed by atoms with van der Waals surface area (Å²) in [6.45, 7) is 1.76. The fourth-order valence-corrected chi connectivity index (χ4v) is 2.72. The van der Waals surface area contributed by atoms with Crippen molar-refractivity contribution in [3.63, 3.8) is 0 Å². The van der Waals surface area contributed by atoms with Crippen molar-refractivity contribution in [3.8, 4) is 5.75 Å². The molecule has 1 heterocycles. The Hall–Kier alpha value is -3.28. The highest BCUT2D eigenvalue weighted by Crippen LogP contribution is 2.26. The Labute approximate surface area is 152 Å². The molecule has 0 atom stereocenters. The molecule has 2 aromatic rings. The number of nitrogens with one attached hydrogen (secondary N) is 3. The van der Waals surface area contributed by atoms with Gasteiger partial charge in [0.2, 0.25) is 5.91 Å². The zero-order valence-corrected chi connectivity index (χ0v) is 14.8. The van der Waals surface area contributed by atoms with Crippen molar-refractivity contribution in [1.82, 2.24) is 5.32 Å². The minimum absolute atomic E-state index is 0.210. The molecule has 2 amide bonds. The molecule has 0 radical (unpaired) electrons.